The van der Waals surface area contributed by atoms with Crippen molar-refractivity contribution in [1.82, 2.24) is 0 Å². The lowest BCUT2D eigenvalue weighted by Gasteiger charge is -2.14. The maximum atomic E-state index is 12.3. The first-order chi connectivity index (χ1) is 13.8. The van der Waals surface area contributed by atoms with Crippen LogP contribution in [0.3, 0.4) is 0 Å². The van der Waals surface area contributed by atoms with Crippen LogP contribution in [0.4, 0.5) is 11.4 Å². The van der Waals surface area contributed by atoms with Gasteiger partial charge >= 0.3 is 0 Å². The van der Waals surface area contributed by atoms with Gasteiger partial charge < -0.3 is 20.1 Å². The number of ether oxygens (including phenoxy) is 2. The van der Waals surface area contributed by atoms with Gasteiger partial charge in [0.05, 0.1) is 17.3 Å². The Labute approximate surface area is 187 Å². The Balaban J connectivity index is 1.99. The third-order valence-electron chi connectivity index (χ3n) is 4.06. The van der Waals surface area contributed by atoms with Crippen molar-refractivity contribution in [3.05, 3.63) is 44.8 Å². The van der Waals surface area contributed by atoms with Crippen molar-refractivity contribution >= 4 is 55.0 Å². The first-order valence-corrected chi connectivity index (χ1v) is 10.8. The summed E-state index contributed by atoms with van der Waals surface area (Å²) in [6, 6.07) is 8.84. The number of carbonyl (C=O) groups excluding carboxylic acids is 2. The number of anilines is 2. The van der Waals surface area contributed by atoms with Crippen LogP contribution >= 0.6 is 31.9 Å². The predicted molar refractivity (Wildman–Crippen MR) is 122 cm³/mol. The van der Waals surface area contributed by atoms with Gasteiger partial charge in [-0.15, -0.1) is 0 Å². The standard InChI is InChI=1S/C21H24Br2N2O4/c1-4-5-6-19(26)25-17-8-7-15(11-18(17)28-3)24-20(27)12-29-21-13(2)9-14(22)10-16(21)23/h7-11H,4-6,12H2,1-3H3,(H,24,27)(H,25,26). The number of benzene rings is 2. The highest BCUT2D eigenvalue weighted by Crippen LogP contribution is 2.32. The molecule has 2 rings (SSSR count). The third-order valence-corrected chi connectivity index (χ3v) is 5.11. The highest BCUT2D eigenvalue weighted by atomic mass is 79.9. The Hall–Kier alpha value is -2.06. The fourth-order valence-corrected chi connectivity index (χ4v) is 4.18. The van der Waals surface area contributed by atoms with E-state index in [2.05, 4.69) is 42.5 Å². The zero-order chi connectivity index (χ0) is 21.4. The minimum absolute atomic E-state index is 0.0641. The predicted octanol–water partition coefficient (Wildman–Crippen LogP) is 5.67. The molecule has 2 N–H and O–H groups in total. The number of carbonyl (C=O) groups is 2. The summed E-state index contributed by atoms with van der Waals surface area (Å²) < 4.78 is 12.7. The number of aryl methyl sites for hydroxylation is 1. The van der Waals surface area contributed by atoms with Gasteiger partial charge in [0.25, 0.3) is 5.91 Å². The SMILES string of the molecule is CCCCC(=O)Nc1ccc(NC(=O)COc2c(C)cc(Br)cc2Br)cc1OC. The molecule has 2 aromatic carbocycles. The maximum Gasteiger partial charge on any atom is 0.262 e. The van der Waals surface area contributed by atoms with E-state index in [4.69, 9.17) is 9.47 Å². The lowest BCUT2D eigenvalue weighted by atomic mass is 10.2. The zero-order valence-corrected chi connectivity index (χ0v) is 19.8. The third kappa shape index (κ3) is 7.04. The van der Waals surface area contributed by atoms with E-state index in [9.17, 15) is 9.59 Å². The number of nitrogens with one attached hydrogen (secondary N) is 2. The van der Waals surface area contributed by atoms with E-state index in [0.29, 0.717) is 29.3 Å². The first-order valence-electron chi connectivity index (χ1n) is 9.20. The van der Waals surface area contributed by atoms with E-state index >= 15 is 0 Å². The minimum Gasteiger partial charge on any atom is -0.494 e. The molecule has 0 saturated heterocycles. The van der Waals surface area contributed by atoms with E-state index < -0.39 is 0 Å². The van der Waals surface area contributed by atoms with Gasteiger partial charge in [0.2, 0.25) is 5.91 Å². The lowest BCUT2D eigenvalue weighted by molar-refractivity contribution is -0.118. The molecule has 0 aliphatic rings. The zero-order valence-electron chi connectivity index (χ0n) is 16.6. The number of methoxy groups -OCH3 is 1. The molecular formula is C21H24Br2N2O4. The summed E-state index contributed by atoms with van der Waals surface area (Å²) in [4.78, 5) is 24.2. The molecule has 0 aliphatic heterocycles. The average Bonchev–Trinajstić information content (AvgIpc) is 2.66. The Bertz CT molecular complexity index is 864. The van der Waals surface area contributed by atoms with Gasteiger partial charge in [0, 0.05) is 22.6 Å². The quantitative estimate of drug-likeness (QED) is 0.440. The highest BCUT2D eigenvalue weighted by molar-refractivity contribution is 9.11. The Morgan fingerprint density at radius 2 is 1.83 bits per heavy atom. The molecule has 29 heavy (non-hydrogen) atoms. The van der Waals surface area contributed by atoms with Gasteiger partial charge in [-0.3, -0.25) is 9.59 Å². The topological polar surface area (TPSA) is 76.7 Å². The van der Waals surface area contributed by atoms with Crippen molar-refractivity contribution in [2.45, 2.75) is 33.1 Å². The molecule has 0 radical (unpaired) electrons. The summed E-state index contributed by atoms with van der Waals surface area (Å²) in [6.07, 6.45) is 2.24. The molecule has 0 spiro atoms. The van der Waals surface area contributed by atoms with Crippen molar-refractivity contribution in [2.75, 3.05) is 24.4 Å². The molecule has 156 valence electrons. The van der Waals surface area contributed by atoms with Crippen LogP contribution in [0.1, 0.15) is 31.7 Å². The summed E-state index contributed by atoms with van der Waals surface area (Å²) in [5.41, 5.74) is 2.02. The number of hydrogen-bond acceptors (Lipinski definition) is 4. The number of hydrogen-bond donors (Lipinski definition) is 2. The van der Waals surface area contributed by atoms with E-state index in [1.807, 2.05) is 26.0 Å². The number of amides is 2. The van der Waals surface area contributed by atoms with Gasteiger partial charge in [0.15, 0.2) is 6.61 Å². The second-order valence-electron chi connectivity index (χ2n) is 6.44. The Morgan fingerprint density at radius 3 is 2.48 bits per heavy atom. The monoisotopic (exact) mass is 526 g/mol. The van der Waals surface area contributed by atoms with Crippen LogP contribution in [0.2, 0.25) is 0 Å². The van der Waals surface area contributed by atoms with Gasteiger partial charge in [-0.05, 0) is 59.1 Å². The summed E-state index contributed by atoms with van der Waals surface area (Å²) in [6.45, 7) is 3.80. The molecule has 8 heteroatoms. The fourth-order valence-electron chi connectivity index (χ4n) is 2.63. The van der Waals surface area contributed by atoms with Crippen LogP contribution in [0, 0.1) is 6.92 Å². The fraction of sp³-hybridized carbons (Fsp3) is 0.333. The molecule has 0 atom stereocenters. The molecule has 0 unspecified atom stereocenters. The Kier molecular flexibility index (Phi) is 8.98. The number of unbranched alkanes of at least 4 members (excludes halogenated alkanes) is 1. The van der Waals surface area contributed by atoms with Crippen LogP contribution in [-0.4, -0.2) is 25.5 Å². The second-order valence-corrected chi connectivity index (χ2v) is 8.21. The molecule has 6 nitrogen and oxygen atoms in total. The summed E-state index contributed by atoms with van der Waals surface area (Å²) in [5, 5.41) is 5.60. The van der Waals surface area contributed by atoms with E-state index in [1.165, 1.54) is 7.11 Å². The molecule has 2 amide bonds. The van der Waals surface area contributed by atoms with E-state index in [0.717, 1.165) is 27.4 Å². The van der Waals surface area contributed by atoms with Crippen LogP contribution in [0.25, 0.3) is 0 Å². The second kappa shape index (κ2) is 11.2. The lowest BCUT2D eigenvalue weighted by Crippen LogP contribution is -2.20. The van der Waals surface area contributed by atoms with Gasteiger partial charge in [-0.1, -0.05) is 29.3 Å². The number of rotatable bonds is 9. The minimum atomic E-state index is -0.305. The van der Waals surface area contributed by atoms with Crippen molar-refractivity contribution < 1.29 is 19.1 Å². The molecule has 0 aliphatic carbocycles. The average molecular weight is 528 g/mol. The van der Waals surface area contributed by atoms with Crippen LogP contribution in [0.5, 0.6) is 11.5 Å². The van der Waals surface area contributed by atoms with Crippen LogP contribution in [0.15, 0.2) is 39.3 Å². The summed E-state index contributed by atoms with van der Waals surface area (Å²) >= 11 is 6.85. The van der Waals surface area contributed by atoms with Crippen molar-refractivity contribution in [2.24, 2.45) is 0 Å². The summed E-state index contributed by atoms with van der Waals surface area (Å²) in [5.74, 6) is 0.720. The normalized spacial score (nSPS) is 10.4. The summed E-state index contributed by atoms with van der Waals surface area (Å²) in [7, 11) is 1.51. The molecule has 0 fully saturated rings. The molecule has 0 saturated carbocycles. The van der Waals surface area contributed by atoms with Gasteiger partial charge in [-0.2, -0.15) is 0 Å². The smallest absolute Gasteiger partial charge is 0.262 e. The van der Waals surface area contributed by atoms with Crippen molar-refractivity contribution in [3.63, 3.8) is 0 Å². The van der Waals surface area contributed by atoms with E-state index in [1.54, 1.807) is 18.2 Å². The largest absolute Gasteiger partial charge is 0.494 e. The van der Waals surface area contributed by atoms with Crippen molar-refractivity contribution in [1.29, 1.82) is 0 Å². The molecular weight excluding hydrogens is 504 g/mol. The first kappa shape index (κ1) is 23.2. The molecule has 0 aromatic heterocycles. The molecule has 2 aromatic rings. The van der Waals surface area contributed by atoms with Crippen LogP contribution < -0.4 is 20.1 Å². The van der Waals surface area contributed by atoms with Crippen LogP contribution in [-0.2, 0) is 9.59 Å². The van der Waals surface area contributed by atoms with Gasteiger partial charge in [-0.25, -0.2) is 0 Å². The van der Waals surface area contributed by atoms with Gasteiger partial charge in [0.1, 0.15) is 11.5 Å². The highest BCUT2D eigenvalue weighted by Gasteiger charge is 2.12. The van der Waals surface area contributed by atoms with E-state index in [-0.39, 0.29) is 18.4 Å². The maximum absolute atomic E-state index is 12.3. The molecule has 0 bridgehead atoms. The number of halogens is 2. The molecule has 0 heterocycles. The van der Waals surface area contributed by atoms with Crippen molar-refractivity contribution in [3.8, 4) is 11.5 Å². The Morgan fingerprint density at radius 1 is 1.07 bits per heavy atom.